The Labute approximate surface area is 122 Å². The number of benzene rings is 2. The molecule has 0 aliphatic carbocycles. The van der Waals surface area contributed by atoms with Gasteiger partial charge in [-0.25, -0.2) is 0 Å². The molecule has 0 fully saturated rings. The van der Waals surface area contributed by atoms with Crippen LogP contribution in [0.5, 0.6) is 0 Å². The fourth-order valence-electron chi connectivity index (χ4n) is 1.87. The zero-order valence-corrected chi connectivity index (χ0v) is 11.7. The summed E-state index contributed by atoms with van der Waals surface area (Å²) in [6, 6.07) is 15.9. The van der Waals surface area contributed by atoms with Crippen LogP contribution in [0, 0.1) is 0 Å². The van der Waals surface area contributed by atoms with E-state index >= 15 is 0 Å². The highest BCUT2D eigenvalue weighted by molar-refractivity contribution is 6.32. The van der Waals surface area contributed by atoms with Crippen molar-refractivity contribution in [3.05, 3.63) is 65.7 Å². The van der Waals surface area contributed by atoms with Crippen LogP contribution in [0.25, 0.3) is 0 Å². The lowest BCUT2D eigenvalue weighted by Crippen LogP contribution is -2.18. The standard InChI is InChI=1S/C16H14ClNO2/c1-11(19)13-9-5-6-10-14(13)18-16(20)15(17)12-7-3-2-4-8-12/h2-10,15H,1H3,(H,18,20)/t15-/m1/s1. The zero-order valence-electron chi connectivity index (χ0n) is 11.0. The molecule has 0 bridgehead atoms. The van der Waals surface area contributed by atoms with Gasteiger partial charge in [0.2, 0.25) is 5.91 Å². The summed E-state index contributed by atoms with van der Waals surface area (Å²) >= 11 is 6.14. The summed E-state index contributed by atoms with van der Waals surface area (Å²) in [5.41, 5.74) is 1.66. The minimum atomic E-state index is -0.795. The van der Waals surface area contributed by atoms with Gasteiger partial charge in [-0.2, -0.15) is 0 Å². The molecule has 0 unspecified atom stereocenters. The third kappa shape index (κ3) is 3.25. The van der Waals surface area contributed by atoms with E-state index in [0.717, 1.165) is 0 Å². The van der Waals surface area contributed by atoms with Crippen molar-refractivity contribution >= 4 is 29.0 Å². The number of nitrogens with one attached hydrogen (secondary N) is 1. The maximum atomic E-state index is 12.1. The Balaban J connectivity index is 2.18. The van der Waals surface area contributed by atoms with Gasteiger partial charge in [0.1, 0.15) is 5.38 Å². The largest absolute Gasteiger partial charge is 0.324 e. The van der Waals surface area contributed by atoms with Crippen LogP contribution in [0.2, 0.25) is 0 Å². The Bertz CT molecular complexity index is 625. The SMILES string of the molecule is CC(=O)c1ccccc1NC(=O)[C@H](Cl)c1ccccc1. The summed E-state index contributed by atoms with van der Waals surface area (Å²) in [6.07, 6.45) is 0. The summed E-state index contributed by atoms with van der Waals surface area (Å²) in [7, 11) is 0. The molecule has 1 N–H and O–H groups in total. The monoisotopic (exact) mass is 287 g/mol. The van der Waals surface area contributed by atoms with Crippen molar-refractivity contribution in [2.24, 2.45) is 0 Å². The highest BCUT2D eigenvalue weighted by atomic mass is 35.5. The molecule has 0 saturated heterocycles. The molecule has 2 aromatic carbocycles. The molecule has 2 aromatic rings. The Morgan fingerprint density at radius 3 is 2.25 bits per heavy atom. The predicted octanol–water partition coefficient (Wildman–Crippen LogP) is 3.81. The van der Waals surface area contributed by atoms with Crippen LogP contribution in [0.4, 0.5) is 5.69 Å². The highest BCUT2D eigenvalue weighted by Gasteiger charge is 2.19. The van der Waals surface area contributed by atoms with Crippen LogP contribution in [0.15, 0.2) is 54.6 Å². The Morgan fingerprint density at radius 1 is 1.00 bits per heavy atom. The lowest BCUT2D eigenvalue weighted by molar-refractivity contribution is -0.116. The van der Waals surface area contributed by atoms with Crippen LogP contribution in [0.3, 0.4) is 0 Å². The smallest absolute Gasteiger partial charge is 0.246 e. The van der Waals surface area contributed by atoms with Gasteiger partial charge >= 0.3 is 0 Å². The molecule has 3 nitrogen and oxygen atoms in total. The van der Waals surface area contributed by atoms with Crippen molar-refractivity contribution in [3.8, 4) is 0 Å². The normalized spacial score (nSPS) is 11.7. The summed E-state index contributed by atoms with van der Waals surface area (Å²) in [6.45, 7) is 1.46. The number of para-hydroxylation sites is 1. The van der Waals surface area contributed by atoms with E-state index in [1.54, 1.807) is 36.4 Å². The van der Waals surface area contributed by atoms with Gasteiger partial charge in [0, 0.05) is 5.56 Å². The van der Waals surface area contributed by atoms with Gasteiger partial charge in [-0.05, 0) is 24.6 Å². The van der Waals surface area contributed by atoms with Crippen LogP contribution in [0.1, 0.15) is 28.2 Å². The number of hydrogen-bond donors (Lipinski definition) is 1. The number of anilines is 1. The van der Waals surface area contributed by atoms with E-state index in [9.17, 15) is 9.59 Å². The number of carbonyl (C=O) groups excluding carboxylic acids is 2. The van der Waals surface area contributed by atoms with Crippen molar-refractivity contribution in [1.82, 2.24) is 0 Å². The van der Waals surface area contributed by atoms with Crippen molar-refractivity contribution in [2.75, 3.05) is 5.32 Å². The number of alkyl halides is 1. The summed E-state index contributed by atoms with van der Waals surface area (Å²) in [4.78, 5) is 23.6. The molecule has 20 heavy (non-hydrogen) atoms. The maximum absolute atomic E-state index is 12.1. The topological polar surface area (TPSA) is 46.2 Å². The second kappa shape index (κ2) is 6.35. The number of carbonyl (C=O) groups is 2. The molecule has 102 valence electrons. The van der Waals surface area contributed by atoms with E-state index < -0.39 is 5.38 Å². The molecular weight excluding hydrogens is 274 g/mol. The van der Waals surface area contributed by atoms with Crippen LogP contribution in [-0.4, -0.2) is 11.7 Å². The molecule has 0 aliphatic heterocycles. The average Bonchev–Trinajstić information content (AvgIpc) is 2.47. The quantitative estimate of drug-likeness (QED) is 0.686. The van der Waals surface area contributed by atoms with Crippen molar-refractivity contribution < 1.29 is 9.59 Å². The van der Waals surface area contributed by atoms with Gasteiger partial charge < -0.3 is 5.32 Å². The Kier molecular flexibility index (Phi) is 4.53. The molecule has 0 saturated carbocycles. The number of amides is 1. The van der Waals surface area contributed by atoms with Crippen molar-refractivity contribution in [1.29, 1.82) is 0 Å². The first-order chi connectivity index (χ1) is 9.59. The second-order valence-electron chi connectivity index (χ2n) is 4.36. The molecule has 0 heterocycles. The van der Waals surface area contributed by atoms with Gasteiger partial charge in [0.15, 0.2) is 5.78 Å². The first-order valence-electron chi connectivity index (χ1n) is 6.19. The van der Waals surface area contributed by atoms with E-state index in [2.05, 4.69) is 5.32 Å². The van der Waals surface area contributed by atoms with E-state index in [0.29, 0.717) is 16.8 Å². The molecular formula is C16H14ClNO2. The summed E-state index contributed by atoms with van der Waals surface area (Å²) in [5.74, 6) is -0.460. The fraction of sp³-hybridized carbons (Fsp3) is 0.125. The van der Waals surface area contributed by atoms with Gasteiger partial charge in [0.05, 0.1) is 5.69 Å². The van der Waals surface area contributed by atoms with Crippen LogP contribution >= 0.6 is 11.6 Å². The second-order valence-corrected chi connectivity index (χ2v) is 4.80. The number of rotatable bonds is 4. The van der Waals surface area contributed by atoms with Crippen LogP contribution < -0.4 is 5.32 Å². The zero-order chi connectivity index (χ0) is 14.5. The number of halogens is 1. The Morgan fingerprint density at radius 2 is 1.60 bits per heavy atom. The molecule has 1 atom stereocenters. The molecule has 4 heteroatoms. The van der Waals surface area contributed by atoms with Gasteiger partial charge in [-0.3, -0.25) is 9.59 Å². The molecule has 0 aromatic heterocycles. The molecule has 0 aliphatic rings. The van der Waals surface area contributed by atoms with E-state index in [1.165, 1.54) is 6.92 Å². The minimum absolute atomic E-state index is 0.105. The van der Waals surface area contributed by atoms with Crippen LogP contribution in [-0.2, 0) is 4.79 Å². The van der Waals surface area contributed by atoms with Gasteiger partial charge in [-0.1, -0.05) is 42.5 Å². The average molecular weight is 288 g/mol. The maximum Gasteiger partial charge on any atom is 0.246 e. The molecule has 0 radical (unpaired) electrons. The number of hydrogen-bond acceptors (Lipinski definition) is 2. The third-order valence-electron chi connectivity index (χ3n) is 2.89. The predicted molar refractivity (Wildman–Crippen MR) is 80.1 cm³/mol. The number of Topliss-reactive ketones (excluding diaryl/α,β-unsaturated/α-hetero) is 1. The van der Waals surface area contributed by atoms with E-state index in [-0.39, 0.29) is 11.7 Å². The van der Waals surface area contributed by atoms with E-state index in [4.69, 9.17) is 11.6 Å². The van der Waals surface area contributed by atoms with Crippen molar-refractivity contribution in [3.63, 3.8) is 0 Å². The first kappa shape index (κ1) is 14.3. The lowest BCUT2D eigenvalue weighted by atomic mass is 10.1. The Hall–Kier alpha value is -2.13. The third-order valence-corrected chi connectivity index (χ3v) is 3.34. The molecule has 1 amide bonds. The molecule has 2 rings (SSSR count). The summed E-state index contributed by atoms with van der Waals surface area (Å²) in [5, 5.41) is 1.90. The number of ketones is 1. The highest BCUT2D eigenvalue weighted by Crippen LogP contribution is 2.23. The lowest BCUT2D eigenvalue weighted by Gasteiger charge is -2.12. The first-order valence-corrected chi connectivity index (χ1v) is 6.63. The van der Waals surface area contributed by atoms with E-state index in [1.807, 2.05) is 18.2 Å². The fourth-order valence-corrected chi connectivity index (χ4v) is 2.07. The van der Waals surface area contributed by atoms with Gasteiger partial charge in [0.25, 0.3) is 0 Å². The summed E-state index contributed by atoms with van der Waals surface area (Å²) < 4.78 is 0. The van der Waals surface area contributed by atoms with Crippen molar-refractivity contribution in [2.45, 2.75) is 12.3 Å². The minimum Gasteiger partial charge on any atom is -0.324 e. The van der Waals surface area contributed by atoms with Gasteiger partial charge in [-0.15, -0.1) is 11.6 Å². The molecule has 0 spiro atoms.